The van der Waals surface area contributed by atoms with Crippen molar-refractivity contribution < 1.29 is 31.1 Å². The van der Waals surface area contributed by atoms with E-state index in [1.54, 1.807) is 12.2 Å². The predicted molar refractivity (Wildman–Crippen MR) is 111 cm³/mol. The van der Waals surface area contributed by atoms with Gasteiger partial charge in [0.15, 0.2) is 5.78 Å². The number of benzene rings is 2. The van der Waals surface area contributed by atoms with E-state index >= 15 is 0 Å². The van der Waals surface area contributed by atoms with E-state index < -0.39 is 23.5 Å². The number of carbonyl (C=O) groups is 1. The van der Waals surface area contributed by atoms with E-state index in [4.69, 9.17) is 0 Å². The smallest absolute Gasteiger partial charge is 0.289 e. The molecule has 0 radical (unpaired) electrons. The number of allylic oxidation sites excluding steroid dienone is 2. The third kappa shape index (κ3) is 5.90. The first-order valence-electron chi connectivity index (χ1n) is 10.3. The van der Waals surface area contributed by atoms with Gasteiger partial charge in [0.25, 0.3) is 0 Å². The number of halogens is 6. The number of carbonyl (C=O) groups excluding carboxylic acids is 1. The Morgan fingerprint density at radius 3 is 1.44 bits per heavy atom. The van der Waals surface area contributed by atoms with Crippen molar-refractivity contribution in [3.8, 4) is 0 Å². The van der Waals surface area contributed by atoms with Gasteiger partial charge in [-0.2, -0.15) is 26.3 Å². The zero-order valence-electron chi connectivity index (χ0n) is 17.4. The monoisotopic (exact) mass is 452 g/mol. The van der Waals surface area contributed by atoms with Crippen LogP contribution in [0, 0.1) is 5.92 Å². The molecule has 1 nitrogen and oxygen atoms in total. The minimum atomic E-state index is -4.43. The van der Waals surface area contributed by atoms with Crippen molar-refractivity contribution in [3.63, 3.8) is 0 Å². The van der Waals surface area contributed by atoms with Gasteiger partial charge in [0.05, 0.1) is 11.1 Å². The second-order valence-electron chi connectivity index (χ2n) is 7.97. The molecular weight excluding hydrogens is 430 g/mol. The average molecular weight is 452 g/mol. The molecule has 0 unspecified atom stereocenters. The second-order valence-corrected chi connectivity index (χ2v) is 7.97. The molecule has 0 N–H and O–H groups in total. The van der Waals surface area contributed by atoms with Crippen molar-refractivity contribution in [3.05, 3.63) is 81.9 Å². The first-order valence-corrected chi connectivity index (χ1v) is 10.3. The first-order chi connectivity index (χ1) is 15.0. The normalized spacial score (nSPS) is 20.2. The van der Waals surface area contributed by atoms with Crippen LogP contribution in [0.5, 0.6) is 0 Å². The Labute approximate surface area is 182 Å². The molecule has 0 heterocycles. The molecule has 170 valence electrons. The van der Waals surface area contributed by atoms with Crippen LogP contribution < -0.4 is 0 Å². The number of ketones is 1. The largest absolute Gasteiger partial charge is 0.416 e. The highest BCUT2D eigenvalue weighted by molar-refractivity contribution is 6.14. The first kappa shape index (κ1) is 23.8. The Balaban J connectivity index is 1.90. The number of rotatable bonds is 4. The summed E-state index contributed by atoms with van der Waals surface area (Å²) in [5, 5.41) is 0. The molecule has 3 rings (SSSR count). The fourth-order valence-electron chi connectivity index (χ4n) is 3.89. The SMILES string of the molecule is CCCC1CC(=Cc2ccc(C(F)(F)F)cc2)C(=O)C(=Cc2ccc(C(F)(F)F)cc2)C1. The van der Waals surface area contributed by atoms with Crippen molar-refractivity contribution in [2.24, 2.45) is 5.92 Å². The summed E-state index contributed by atoms with van der Waals surface area (Å²) in [5.41, 5.74) is 0.447. The molecule has 0 aromatic heterocycles. The van der Waals surface area contributed by atoms with Crippen LogP contribution in [0.3, 0.4) is 0 Å². The van der Waals surface area contributed by atoms with Gasteiger partial charge in [-0.15, -0.1) is 0 Å². The van der Waals surface area contributed by atoms with Gasteiger partial charge in [0, 0.05) is 11.1 Å². The molecule has 0 aliphatic heterocycles. The fourth-order valence-corrected chi connectivity index (χ4v) is 3.89. The molecule has 1 saturated carbocycles. The zero-order valence-corrected chi connectivity index (χ0v) is 17.4. The molecular formula is C25H22F6O. The summed E-state index contributed by atoms with van der Waals surface area (Å²) < 4.78 is 76.7. The molecule has 1 aliphatic carbocycles. The molecule has 7 heteroatoms. The maximum atomic E-state index is 13.0. The van der Waals surface area contributed by atoms with E-state index in [1.165, 1.54) is 24.3 Å². The van der Waals surface area contributed by atoms with Crippen molar-refractivity contribution >= 4 is 17.9 Å². The molecule has 0 bridgehead atoms. The summed E-state index contributed by atoms with van der Waals surface area (Å²) in [5.74, 6) is -0.0451. The Morgan fingerprint density at radius 1 is 0.750 bits per heavy atom. The van der Waals surface area contributed by atoms with Gasteiger partial charge in [-0.3, -0.25) is 4.79 Å². The molecule has 0 atom stereocenters. The lowest BCUT2D eigenvalue weighted by Gasteiger charge is -2.25. The zero-order chi connectivity index (χ0) is 23.5. The highest BCUT2D eigenvalue weighted by Gasteiger charge is 2.31. The molecule has 1 aliphatic rings. The van der Waals surface area contributed by atoms with Crippen LogP contribution in [0.15, 0.2) is 59.7 Å². The van der Waals surface area contributed by atoms with E-state index in [9.17, 15) is 31.1 Å². The molecule has 0 amide bonds. The Hall–Kier alpha value is -2.83. The van der Waals surface area contributed by atoms with Gasteiger partial charge >= 0.3 is 12.4 Å². The van der Waals surface area contributed by atoms with E-state index in [0.717, 1.165) is 37.1 Å². The summed E-state index contributed by atoms with van der Waals surface area (Å²) in [6, 6.07) is 9.20. The number of alkyl halides is 6. The third-order valence-electron chi connectivity index (χ3n) is 5.46. The van der Waals surface area contributed by atoms with Gasteiger partial charge in [-0.25, -0.2) is 0 Å². The summed E-state index contributed by atoms with van der Waals surface area (Å²) in [4.78, 5) is 13.0. The van der Waals surface area contributed by atoms with E-state index in [-0.39, 0.29) is 11.7 Å². The van der Waals surface area contributed by atoms with E-state index in [0.29, 0.717) is 35.1 Å². The van der Waals surface area contributed by atoms with E-state index in [1.807, 2.05) is 6.92 Å². The van der Waals surface area contributed by atoms with E-state index in [2.05, 4.69) is 0 Å². The van der Waals surface area contributed by atoms with Gasteiger partial charge < -0.3 is 0 Å². The highest BCUT2D eigenvalue weighted by atomic mass is 19.4. The Kier molecular flexibility index (Phi) is 6.96. The van der Waals surface area contributed by atoms with Gasteiger partial charge in [0.2, 0.25) is 0 Å². The van der Waals surface area contributed by atoms with Crippen molar-refractivity contribution in [2.45, 2.75) is 45.0 Å². The van der Waals surface area contributed by atoms with Crippen molar-refractivity contribution in [2.75, 3.05) is 0 Å². The third-order valence-corrected chi connectivity index (χ3v) is 5.46. The lowest BCUT2D eigenvalue weighted by atomic mass is 9.78. The van der Waals surface area contributed by atoms with Crippen molar-refractivity contribution in [1.82, 2.24) is 0 Å². The maximum Gasteiger partial charge on any atom is 0.416 e. The van der Waals surface area contributed by atoms with Gasteiger partial charge in [-0.05, 0) is 66.3 Å². The summed E-state index contributed by atoms with van der Waals surface area (Å²) in [6.07, 6.45) is -2.87. The number of Topliss-reactive ketones (excluding diaryl/α,β-unsaturated/α-hetero) is 1. The standard InChI is InChI=1S/C25H22F6O/c1-2-3-18-14-19(12-16-4-8-21(9-5-16)24(26,27)28)23(32)20(15-18)13-17-6-10-22(11-7-17)25(29,30)31/h4-13,18H,2-3,14-15H2,1H3. The fraction of sp³-hybridized carbons (Fsp3) is 0.320. The van der Waals surface area contributed by atoms with Crippen LogP contribution in [-0.4, -0.2) is 5.78 Å². The maximum absolute atomic E-state index is 13.0. The van der Waals surface area contributed by atoms with Crippen LogP contribution in [0.1, 0.15) is 54.9 Å². The molecule has 2 aromatic carbocycles. The van der Waals surface area contributed by atoms with Crippen molar-refractivity contribution in [1.29, 1.82) is 0 Å². The lowest BCUT2D eigenvalue weighted by molar-refractivity contribution is -0.138. The van der Waals surface area contributed by atoms with Crippen LogP contribution in [-0.2, 0) is 17.1 Å². The quantitative estimate of drug-likeness (QED) is 0.340. The van der Waals surface area contributed by atoms with Gasteiger partial charge in [-0.1, -0.05) is 44.0 Å². The predicted octanol–water partition coefficient (Wildman–Crippen LogP) is 7.97. The summed E-state index contributed by atoms with van der Waals surface area (Å²) >= 11 is 0. The average Bonchev–Trinajstić information content (AvgIpc) is 2.71. The lowest BCUT2D eigenvalue weighted by Crippen LogP contribution is -2.20. The molecule has 32 heavy (non-hydrogen) atoms. The van der Waals surface area contributed by atoms with Crippen LogP contribution >= 0.6 is 0 Å². The number of hydrogen-bond donors (Lipinski definition) is 0. The van der Waals surface area contributed by atoms with Crippen LogP contribution in [0.2, 0.25) is 0 Å². The molecule has 0 spiro atoms. The Morgan fingerprint density at radius 2 is 1.12 bits per heavy atom. The summed E-state index contributed by atoms with van der Waals surface area (Å²) in [6.45, 7) is 2.02. The van der Waals surface area contributed by atoms with Crippen LogP contribution in [0.25, 0.3) is 12.2 Å². The highest BCUT2D eigenvalue weighted by Crippen LogP contribution is 2.36. The summed E-state index contributed by atoms with van der Waals surface area (Å²) in [7, 11) is 0. The van der Waals surface area contributed by atoms with Crippen LogP contribution in [0.4, 0.5) is 26.3 Å². The molecule has 2 aromatic rings. The number of hydrogen-bond acceptors (Lipinski definition) is 1. The second kappa shape index (κ2) is 9.35. The molecule has 1 fully saturated rings. The minimum absolute atomic E-state index is 0.180. The van der Waals surface area contributed by atoms with Gasteiger partial charge in [0.1, 0.15) is 0 Å². The Bertz CT molecular complexity index is 929. The molecule has 0 saturated heterocycles. The minimum Gasteiger partial charge on any atom is -0.289 e. The topological polar surface area (TPSA) is 17.1 Å².